The van der Waals surface area contributed by atoms with Crippen LogP contribution in [0.4, 0.5) is 0 Å². The number of hydrogen-bond acceptors (Lipinski definition) is 5. The molecule has 1 saturated heterocycles. The molecule has 1 fully saturated rings. The van der Waals surface area contributed by atoms with Crippen molar-refractivity contribution in [1.29, 1.82) is 0 Å². The average molecular weight is 224 g/mol. The number of ether oxygens (including phenoxy) is 2. The molecule has 0 spiro atoms. The van der Waals surface area contributed by atoms with Gasteiger partial charge in [-0.05, 0) is 32.0 Å². The summed E-state index contributed by atoms with van der Waals surface area (Å²) < 4.78 is 10.3. The Morgan fingerprint density at radius 3 is 2.56 bits per heavy atom. The number of cyclic esters (lactones) is 1. The molecule has 1 aliphatic heterocycles. The summed E-state index contributed by atoms with van der Waals surface area (Å²) in [5, 5.41) is 18.9. The monoisotopic (exact) mass is 224 g/mol. The minimum absolute atomic E-state index is 0.0304. The molecule has 0 bridgehead atoms. The predicted molar refractivity (Wildman–Crippen MR) is 53.8 cm³/mol. The van der Waals surface area contributed by atoms with Crippen LogP contribution in [0.5, 0.6) is 11.5 Å². The molecular weight excluding hydrogens is 212 g/mol. The molecule has 5 heteroatoms. The number of carbonyl (C=O) groups excluding carboxylic acids is 1. The molecule has 0 amide bonds. The highest BCUT2D eigenvalue weighted by Gasteiger charge is 2.44. The van der Waals surface area contributed by atoms with Gasteiger partial charge < -0.3 is 19.7 Å². The smallest absolute Gasteiger partial charge is 0.340 e. The summed E-state index contributed by atoms with van der Waals surface area (Å²) in [5.74, 6) is -0.620. The van der Waals surface area contributed by atoms with Gasteiger partial charge in [0, 0.05) is 0 Å². The fraction of sp³-hybridized carbons (Fsp3) is 0.364. The topological polar surface area (TPSA) is 76.0 Å². The largest absolute Gasteiger partial charge is 0.508 e. The summed E-state index contributed by atoms with van der Waals surface area (Å²) in [6, 6.07) is 3.95. The summed E-state index contributed by atoms with van der Waals surface area (Å²) >= 11 is 0. The van der Waals surface area contributed by atoms with Gasteiger partial charge >= 0.3 is 5.97 Å². The van der Waals surface area contributed by atoms with Gasteiger partial charge in [0.2, 0.25) is 6.29 Å². The number of phenolic OH excluding ortho intramolecular Hbond substituents is 2. The van der Waals surface area contributed by atoms with Crippen molar-refractivity contribution < 1.29 is 24.5 Å². The Balaban J connectivity index is 2.33. The third kappa shape index (κ3) is 1.69. The van der Waals surface area contributed by atoms with Crippen LogP contribution in [-0.2, 0) is 14.3 Å². The van der Waals surface area contributed by atoms with Gasteiger partial charge in [0.1, 0.15) is 11.5 Å². The van der Waals surface area contributed by atoms with Crippen LogP contribution in [0.25, 0.3) is 0 Å². The Kier molecular flexibility index (Phi) is 2.27. The van der Waals surface area contributed by atoms with Crippen LogP contribution in [0, 0.1) is 0 Å². The quantitative estimate of drug-likeness (QED) is 0.557. The van der Waals surface area contributed by atoms with E-state index in [-0.39, 0.29) is 17.1 Å². The Bertz CT molecular complexity index is 438. The maximum Gasteiger partial charge on any atom is 0.340 e. The first-order valence-electron chi connectivity index (χ1n) is 4.81. The second-order valence-corrected chi connectivity index (χ2v) is 4.11. The van der Waals surface area contributed by atoms with Crippen molar-refractivity contribution in [2.45, 2.75) is 25.7 Å². The van der Waals surface area contributed by atoms with Crippen LogP contribution in [0.15, 0.2) is 18.2 Å². The van der Waals surface area contributed by atoms with Gasteiger partial charge in [-0.15, -0.1) is 0 Å². The summed E-state index contributed by atoms with van der Waals surface area (Å²) in [6.07, 6.45) is -0.977. The average Bonchev–Trinajstić information content (AvgIpc) is 2.45. The highest BCUT2D eigenvalue weighted by molar-refractivity contribution is 5.80. The lowest BCUT2D eigenvalue weighted by atomic mass is 10.1. The lowest BCUT2D eigenvalue weighted by molar-refractivity contribution is -0.145. The zero-order valence-electron chi connectivity index (χ0n) is 8.93. The van der Waals surface area contributed by atoms with Crippen LogP contribution < -0.4 is 0 Å². The molecular formula is C11H12O5. The third-order valence-corrected chi connectivity index (χ3v) is 2.37. The number of benzene rings is 1. The third-order valence-electron chi connectivity index (χ3n) is 2.37. The molecule has 2 rings (SSSR count). The molecule has 1 atom stereocenters. The fourth-order valence-corrected chi connectivity index (χ4v) is 1.44. The van der Waals surface area contributed by atoms with Gasteiger partial charge in [-0.25, -0.2) is 4.79 Å². The first-order chi connectivity index (χ1) is 7.40. The zero-order valence-corrected chi connectivity index (χ0v) is 8.93. The molecule has 0 aromatic heterocycles. The summed E-state index contributed by atoms with van der Waals surface area (Å²) in [4.78, 5) is 11.4. The van der Waals surface area contributed by atoms with Crippen molar-refractivity contribution in [3.63, 3.8) is 0 Å². The van der Waals surface area contributed by atoms with Crippen molar-refractivity contribution in [2.24, 2.45) is 0 Å². The van der Waals surface area contributed by atoms with E-state index in [1.807, 2.05) is 0 Å². The van der Waals surface area contributed by atoms with E-state index in [2.05, 4.69) is 0 Å². The predicted octanol–water partition coefficient (Wildman–Crippen LogP) is 1.45. The Labute approximate surface area is 92.2 Å². The number of esters is 1. The molecule has 16 heavy (non-hydrogen) atoms. The van der Waals surface area contributed by atoms with Gasteiger partial charge in [0.25, 0.3) is 0 Å². The van der Waals surface area contributed by atoms with Gasteiger partial charge in [0.15, 0.2) is 5.60 Å². The first-order valence-corrected chi connectivity index (χ1v) is 4.81. The molecule has 0 aliphatic carbocycles. The molecule has 86 valence electrons. The van der Waals surface area contributed by atoms with Crippen LogP contribution in [0.1, 0.15) is 25.7 Å². The number of rotatable bonds is 1. The van der Waals surface area contributed by atoms with Crippen molar-refractivity contribution >= 4 is 5.97 Å². The lowest BCUT2D eigenvalue weighted by Crippen LogP contribution is -2.27. The molecule has 5 nitrogen and oxygen atoms in total. The zero-order chi connectivity index (χ0) is 11.9. The van der Waals surface area contributed by atoms with Gasteiger partial charge in [0.05, 0.1) is 5.56 Å². The van der Waals surface area contributed by atoms with E-state index in [9.17, 15) is 15.0 Å². The Morgan fingerprint density at radius 1 is 1.31 bits per heavy atom. The highest BCUT2D eigenvalue weighted by atomic mass is 16.8. The van der Waals surface area contributed by atoms with E-state index in [1.54, 1.807) is 13.8 Å². The fourth-order valence-electron chi connectivity index (χ4n) is 1.44. The van der Waals surface area contributed by atoms with Crippen molar-refractivity contribution in [1.82, 2.24) is 0 Å². The number of phenols is 2. The molecule has 0 saturated carbocycles. The standard InChI is InChI=1S/C11H12O5/c1-11(2)10(14)15-9(16-11)7-5-6(12)3-4-8(7)13/h3-5,9,12-13H,1-2H3. The molecule has 1 aromatic rings. The molecule has 0 radical (unpaired) electrons. The van der Waals surface area contributed by atoms with Gasteiger partial charge in [-0.3, -0.25) is 0 Å². The van der Waals surface area contributed by atoms with E-state index in [1.165, 1.54) is 18.2 Å². The normalized spacial score (nSPS) is 23.1. The van der Waals surface area contributed by atoms with Crippen LogP contribution in [0.3, 0.4) is 0 Å². The SMILES string of the molecule is CC1(C)OC(c2cc(O)ccc2O)OC1=O. The van der Waals surface area contributed by atoms with Crippen LogP contribution >= 0.6 is 0 Å². The molecule has 1 heterocycles. The number of aromatic hydroxyl groups is 2. The van der Waals surface area contributed by atoms with E-state index in [0.29, 0.717) is 0 Å². The Morgan fingerprint density at radius 2 is 2.00 bits per heavy atom. The van der Waals surface area contributed by atoms with Crippen molar-refractivity contribution in [3.8, 4) is 11.5 Å². The summed E-state index contributed by atoms with van der Waals surface area (Å²) in [6.45, 7) is 3.16. The van der Waals surface area contributed by atoms with E-state index >= 15 is 0 Å². The molecule has 1 aromatic carbocycles. The second kappa shape index (κ2) is 3.38. The summed E-state index contributed by atoms with van der Waals surface area (Å²) in [5.41, 5.74) is -0.804. The Hall–Kier alpha value is -1.75. The maximum atomic E-state index is 11.4. The molecule has 1 aliphatic rings. The number of hydrogen-bond donors (Lipinski definition) is 2. The maximum absolute atomic E-state index is 11.4. The van der Waals surface area contributed by atoms with E-state index in [4.69, 9.17) is 9.47 Å². The van der Waals surface area contributed by atoms with Gasteiger partial charge in [-0.2, -0.15) is 0 Å². The lowest BCUT2D eigenvalue weighted by Gasteiger charge is -2.14. The van der Waals surface area contributed by atoms with Crippen molar-refractivity contribution in [2.75, 3.05) is 0 Å². The van der Waals surface area contributed by atoms with E-state index in [0.717, 1.165) is 0 Å². The van der Waals surface area contributed by atoms with Crippen LogP contribution in [0.2, 0.25) is 0 Å². The highest BCUT2D eigenvalue weighted by Crippen LogP contribution is 2.38. The molecule has 1 unspecified atom stereocenters. The van der Waals surface area contributed by atoms with Crippen LogP contribution in [-0.4, -0.2) is 21.8 Å². The van der Waals surface area contributed by atoms with Gasteiger partial charge in [-0.1, -0.05) is 0 Å². The molecule has 2 N–H and O–H groups in total. The number of carbonyl (C=O) groups is 1. The van der Waals surface area contributed by atoms with Crippen molar-refractivity contribution in [3.05, 3.63) is 23.8 Å². The minimum Gasteiger partial charge on any atom is -0.508 e. The summed E-state index contributed by atoms with van der Waals surface area (Å²) in [7, 11) is 0. The first kappa shape index (κ1) is 10.8. The van der Waals surface area contributed by atoms with E-state index < -0.39 is 17.9 Å². The second-order valence-electron chi connectivity index (χ2n) is 4.11. The minimum atomic E-state index is -1.04.